The zero-order valence-corrected chi connectivity index (χ0v) is 13.3. The molecule has 0 aromatic carbocycles. The van der Waals surface area contributed by atoms with Crippen molar-refractivity contribution in [2.24, 2.45) is 0 Å². The van der Waals surface area contributed by atoms with E-state index in [2.05, 4.69) is 21.3 Å². The number of likely N-dealkylation sites (tertiary alicyclic amines) is 1. The monoisotopic (exact) mass is 307 g/mol. The SMILES string of the molecule is OC1(CNC2CCN(Cc3cccnc3)CC2)CCSC1. The number of thioether (sulfide) groups is 1. The van der Waals surface area contributed by atoms with Gasteiger partial charge in [-0.05, 0) is 49.7 Å². The number of nitrogens with one attached hydrogen (secondary N) is 1. The first-order chi connectivity index (χ1) is 10.2. The number of aromatic nitrogens is 1. The van der Waals surface area contributed by atoms with Gasteiger partial charge in [-0.3, -0.25) is 9.88 Å². The van der Waals surface area contributed by atoms with Crippen molar-refractivity contribution < 1.29 is 5.11 Å². The Kier molecular flexibility index (Phi) is 5.16. The summed E-state index contributed by atoms with van der Waals surface area (Å²) < 4.78 is 0. The van der Waals surface area contributed by atoms with Crippen LogP contribution in [0.15, 0.2) is 24.5 Å². The van der Waals surface area contributed by atoms with Gasteiger partial charge in [-0.2, -0.15) is 11.8 Å². The molecule has 0 radical (unpaired) electrons. The summed E-state index contributed by atoms with van der Waals surface area (Å²) in [5.74, 6) is 1.99. The highest BCUT2D eigenvalue weighted by Crippen LogP contribution is 2.27. The molecule has 116 valence electrons. The summed E-state index contributed by atoms with van der Waals surface area (Å²) in [5.41, 5.74) is 0.832. The van der Waals surface area contributed by atoms with Gasteiger partial charge in [0.05, 0.1) is 5.60 Å². The average Bonchev–Trinajstić information content (AvgIpc) is 2.95. The van der Waals surface area contributed by atoms with Crippen molar-refractivity contribution in [1.82, 2.24) is 15.2 Å². The number of aliphatic hydroxyl groups is 1. The lowest BCUT2D eigenvalue weighted by Gasteiger charge is -2.34. The van der Waals surface area contributed by atoms with Crippen molar-refractivity contribution in [2.75, 3.05) is 31.1 Å². The van der Waals surface area contributed by atoms with E-state index >= 15 is 0 Å². The van der Waals surface area contributed by atoms with E-state index < -0.39 is 5.60 Å². The van der Waals surface area contributed by atoms with E-state index in [4.69, 9.17) is 0 Å². The minimum atomic E-state index is -0.461. The zero-order valence-electron chi connectivity index (χ0n) is 12.5. The molecule has 2 aliphatic rings. The Morgan fingerprint density at radius 3 is 2.95 bits per heavy atom. The first kappa shape index (κ1) is 15.3. The lowest BCUT2D eigenvalue weighted by Crippen LogP contribution is -2.48. The van der Waals surface area contributed by atoms with Crippen LogP contribution in [0, 0.1) is 0 Å². The van der Waals surface area contributed by atoms with Crippen LogP contribution >= 0.6 is 11.8 Å². The van der Waals surface area contributed by atoms with Crippen molar-refractivity contribution >= 4 is 11.8 Å². The molecule has 1 unspecified atom stereocenters. The van der Waals surface area contributed by atoms with Crippen LogP contribution in [0.2, 0.25) is 0 Å². The zero-order chi connectivity index (χ0) is 14.5. The lowest BCUT2D eigenvalue weighted by atomic mass is 10.0. The number of rotatable bonds is 5. The van der Waals surface area contributed by atoms with Gasteiger partial charge in [0, 0.05) is 37.3 Å². The van der Waals surface area contributed by atoms with Crippen molar-refractivity contribution in [3.05, 3.63) is 30.1 Å². The van der Waals surface area contributed by atoms with Gasteiger partial charge in [-0.1, -0.05) is 6.07 Å². The average molecular weight is 307 g/mol. The molecule has 0 spiro atoms. The lowest BCUT2D eigenvalue weighted by molar-refractivity contribution is 0.0603. The highest BCUT2D eigenvalue weighted by Gasteiger charge is 2.32. The first-order valence-corrected chi connectivity index (χ1v) is 9.04. The molecule has 2 fully saturated rings. The van der Waals surface area contributed by atoms with E-state index in [-0.39, 0.29) is 0 Å². The number of hydrogen-bond acceptors (Lipinski definition) is 5. The maximum atomic E-state index is 10.4. The molecule has 0 saturated carbocycles. The van der Waals surface area contributed by atoms with Crippen molar-refractivity contribution in [2.45, 2.75) is 37.5 Å². The molecule has 21 heavy (non-hydrogen) atoms. The third kappa shape index (κ3) is 4.42. The van der Waals surface area contributed by atoms with Crippen molar-refractivity contribution in [3.8, 4) is 0 Å². The van der Waals surface area contributed by atoms with Crippen LogP contribution in [0.5, 0.6) is 0 Å². The van der Waals surface area contributed by atoms with Crippen LogP contribution in [0.1, 0.15) is 24.8 Å². The Labute approximate surface area is 131 Å². The molecule has 1 aromatic heterocycles. The molecule has 3 heterocycles. The number of pyridine rings is 1. The molecule has 1 aromatic rings. The molecule has 1 atom stereocenters. The van der Waals surface area contributed by atoms with Gasteiger partial charge in [0.25, 0.3) is 0 Å². The summed E-state index contributed by atoms with van der Waals surface area (Å²) in [6.07, 6.45) is 7.06. The van der Waals surface area contributed by atoms with E-state index in [0.29, 0.717) is 6.04 Å². The van der Waals surface area contributed by atoms with Crippen LogP contribution in [-0.2, 0) is 6.54 Å². The molecule has 2 aliphatic heterocycles. The van der Waals surface area contributed by atoms with Crippen molar-refractivity contribution in [1.29, 1.82) is 0 Å². The summed E-state index contributed by atoms with van der Waals surface area (Å²) in [7, 11) is 0. The van der Waals surface area contributed by atoms with E-state index in [9.17, 15) is 5.11 Å². The highest BCUT2D eigenvalue weighted by molar-refractivity contribution is 7.99. The van der Waals surface area contributed by atoms with Gasteiger partial charge >= 0.3 is 0 Å². The Balaban J connectivity index is 1.39. The molecular weight excluding hydrogens is 282 g/mol. The Hall–Kier alpha value is -0.620. The van der Waals surface area contributed by atoms with Gasteiger partial charge in [-0.15, -0.1) is 0 Å². The predicted octanol–water partition coefficient (Wildman–Crippen LogP) is 1.50. The second-order valence-electron chi connectivity index (χ2n) is 6.32. The smallest absolute Gasteiger partial charge is 0.0869 e. The van der Waals surface area contributed by atoms with Crippen LogP contribution < -0.4 is 5.32 Å². The Morgan fingerprint density at radius 2 is 2.29 bits per heavy atom. The fraction of sp³-hybridized carbons (Fsp3) is 0.688. The summed E-state index contributed by atoms with van der Waals surface area (Å²) in [6, 6.07) is 4.71. The molecule has 2 saturated heterocycles. The molecule has 3 rings (SSSR count). The molecular formula is C16H25N3OS. The van der Waals surface area contributed by atoms with Crippen molar-refractivity contribution in [3.63, 3.8) is 0 Å². The number of nitrogens with zero attached hydrogens (tertiary/aromatic N) is 2. The molecule has 5 heteroatoms. The van der Waals surface area contributed by atoms with Gasteiger partial charge in [-0.25, -0.2) is 0 Å². The second-order valence-corrected chi connectivity index (χ2v) is 7.42. The topological polar surface area (TPSA) is 48.4 Å². The molecule has 0 aliphatic carbocycles. The third-order valence-corrected chi connectivity index (χ3v) is 5.75. The normalized spacial score (nSPS) is 28.0. The fourth-order valence-electron chi connectivity index (χ4n) is 3.12. The van der Waals surface area contributed by atoms with Crippen LogP contribution in [0.25, 0.3) is 0 Å². The van der Waals surface area contributed by atoms with E-state index in [1.54, 1.807) is 0 Å². The summed E-state index contributed by atoms with van der Waals surface area (Å²) in [6.45, 7) is 4.01. The number of hydrogen-bond donors (Lipinski definition) is 2. The predicted molar refractivity (Wildman–Crippen MR) is 87.4 cm³/mol. The highest BCUT2D eigenvalue weighted by atomic mass is 32.2. The fourth-order valence-corrected chi connectivity index (χ4v) is 4.41. The molecule has 0 bridgehead atoms. The maximum absolute atomic E-state index is 10.4. The van der Waals surface area contributed by atoms with E-state index in [1.165, 1.54) is 18.4 Å². The quantitative estimate of drug-likeness (QED) is 0.863. The molecule has 4 nitrogen and oxygen atoms in total. The molecule has 2 N–H and O–H groups in total. The first-order valence-electron chi connectivity index (χ1n) is 7.88. The van der Waals surface area contributed by atoms with Crippen LogP contribution in [-0.4, -0.2) is 57.8 Å². The van der Waals surface area contributed by atoms with Gasteiger partial charge < -0.3 is 10.4 Å². The second kappa shape index (κ2) is 7.09. The third-order valence-electron chi connectivity index (χ3n) is 4.52. The van der Waals surface area contributed by atoms with E-state index in [0.717, 1.165) is 44.1 Å². The standard InChI is InChI=1S/C16H25N3OS/c20-16(5-9-21-13-16)12-18-15-3-7-19(8-4-15)11-14-2-1-6-17-10-14/h1-2,6,10,15,18,20H,3-5,7-9,11-13H2. The maximum Gasteiger partial charge on any atom is 0.0869 e. The largest absolute Gasteiger partial charge is 0.388 e. The minimum absolute atomic E-state index is 0.461. The molecule has 0 amide bonds. The summed E-state index contributed by atoms with van der Waals surface area (Å²) in [5, 5.41) is 14.0. The minimum Gasteiger partial charge on any atom is -0.388 e. The van der Waals surface area contributed by atoms with Crippen LogP contribution in [0.4, 0.5) is 0 Å². The Morgan fingerprint density at radius 1 is 1.43 bits per heavy atom. The van der Waals surface area contributed by atoms with E-state index in [1.807, 2.05) is 30.2 Å². The van der Waals surface area contributed by atoms with Gasteiger partial charge in [0.15, 0.2) is 0 Å². The van der Waals surface area contributed by atoms with Crippen LogP contribution in [0.3, 0.4) is 0 Å². The number of piperidine rings is 1. The van der Waals surface area contributed by atoms with Gasteiger partial charge in [0.2, 0.25) is 0 Å². The summed E-state index contributed by atoms with van der Waals surface area (Å²) in [4.78, 5) is 6.67. The van der Waals surface area contributed by atoms with Gasteiger partial charge in [0.1, 0.15) is 0 Å². The Bertz CT molecular complexity index is 428. The summed E-state index contributed by atoms with van der Waals surface area (Å²) >= 11 is 1.87.